The molecule has 0 fully saturated rings. The second kappa shape index (κ2) is 4.38. The van der Waals surface area contributed by atoms with E-state index in [1.54, 1.807) is 24.3 Å². The van der Waals surface area contributed by atoms with Crippen LogP contribution in [0.4, 0.5) is 4.39 Å². The summed E-state index contributed by atoms with van der Waals surface area (Å²) < 4.78 is 13.0. The molecule has 0 radical (unpaired) electrons. The van der Waals surface area contributed by atoms with Crippen molar-refractivity contribution in [3.8, 4) is 0 Å². The summed E-state index contributed by atoms with van der Waals surface area (Å²) in [5, 5.41) is 0.506. The Balaban J connectivity index is 2.74. The first-order chi connectivity index (χ1) is 6.11. The van der Waals surface area contributed by atoms with Crippen LogP contribution in [0, 0.1) is 0 Å². The molecule has 0 aliphatic carbocycles. The van der Waals surface area contributed by atoms with Crippen LogP contribution in [0.5, 0.6) is 0 Å². The van der Waals surface area contributed by atoms with Gasteiger partial charge in [0.15, 0.2) is 12.0 Å². The van der Waals surface area contributed by atoms with Gasteiger partial charge in [-0.1, -0.05) is 29.8 Å². The molecule has 1 atom stereocenters. The van der Waals surface area contributed by atoms with E-state index in [4.69, 9.17) is 11.6 Å². The summed E-state index contributed by atoms with van der Waals surface area (Å²) in [4.78, 5) is 10.6. The maximum atomic E-state index is 13.0. The van der Waals surface area contributed by atoms with Gasteiger partial charge in [0, 0.05) is 11.4 Å². The number of Topliss-reactive ketones (excluding diaryl/α,β-unsaturated/α-hetero) is 1. The fourth-order valence-corrected chi connectivity index (χ4v) is 1.21. The number of carbonyl (C=O) groups excluding carboxylic acids is 1. The number of carbonyl (C=O) groups is 1. The van der Waals surface area contributed by atoms with Gasteiger partial charge in [0.25, 0.3) is 0 Å². The molecule has 0 saturated heterocycles. The van der Waals surface area contributed by atoms with Crippen molar-refractivity contribution < 1.29 is 9.18 Å². The minimum Gasteiger partial charge on any atom is -0.297 e. The highest BCUT2D eigenvalue weighted by molar-refractivity contribution is 6.31. The summed E-state index contributed by atoms with van der Waals surface area (Å²) in [6.07, 6.45) is -1.38. The molecule has 0 spiro atoms. The Hall–Kier alpha value is -0.890. The van der Waals surface area contributed by atoms with Gasteiger partial charge in [-0.05, 0) is 18.6 Å². The molecule has 0 aliphatic heterocycles. The van der Waals surface area contributed by atoms with Gasteiger partial charge >= 0.3 is 0 Å². The molecule has 0 amide bonds. The van der Waals surface area contributed by atoms with Crippen molar-refractivity contribution in [2.75, 3.05) is 0 Å². The van der Waals surface area contributed by atoms with Gasteiger partial charge in [0.05, 0.1) is 0 Å². The van der Waals surface area contributed by atoms with Crippen molar-refractivity contribution in [2.24, 2.45) is 0 Å². The lowest BCUT2D eigenvalue weighted by Crippen LogP contribution is -2.14. The number of rotatable bonds is 3. The quantitative estimate of drug-likeness (QED) is 0.734. The van der Waals surface area contributed by atoms with E-state index in [1.165, 1.54) is 6.92 Å². The van der Waals surface area contributed by atoms with Crippen molar-refractivity contribution >= 4 is 17.4 Å². The van der Waals surface area contributed by atoms with E-state index in [2.05, 4.69) is 0 Å². The summed E-state index contributed by atoms with van der Waals surface area (Å²) in [6.45, 7) is 1.24. The van der Waals surface area contributed by atoms with Gasteiger partial charge in [0.1, 0.15) is 0 Å². The number of hydrogen-bond donors (Lipinski definition) is 0. The normalized spacial score (nSPS) is 12.5. The van der Waals surface area contributed by atoms with Gasteiger partial charge in [-0.15, -0.1) is 0 Å². The fraction of sp³-hybridized carbons (Fsp3) is 0.300. The van der Waals surface area contributed by atoms with Crippen LogP contribution in [0.1, 0.15) is 12.5 Å². The van der Waals surface area contributed by atoms with E-state index in [0.29, 0.717) is 10.6 Å². The molecule has 1 unspecified atom stereocenters. The van der Waals surface area contributed by atoms with Crippen LogP contribution < -0.4 is 0 Å². The molecule has 1 aromatic rings. The largest absolute Gasteiger partial charge is 0.297 e. The third-order valence-corrected chi connectivity index (χ3v) is 2.17. The summed E-state index contributed by atoms with van der Waals surface area (Å²) in [5.41, 5.74) is 0.673. The highest BCUT2D eigenvalue weighted by atomic mass is 35.5. The first kappa shape index (κ1) is 10.2. The number of benzene rings is 1. The fourth-order valence-electron chi connectivity index (χ4n) is 1.00. The lowest BCUT2D eigenvalue weighted by atomic mass is 10.1. The van der Waals surface area contributed by atoms with Crippen molar-refractivity contribution in [2.45, 2.75) is 19.5 Å². The van der Waals surface area contributed by atoms with Crippen LogP contribution in [0.15, 0.2) is 24.3 Å². The summed E-state index contributed by atoms with van der Waals surface area (Å²) in [5.74, 6) is -0.458. The highest BCUT2D eigenvalue weighted by Crippen LogP contribution is 2.17. The Kier molecular flexibility index (Phi) is 3.43. The maximum absolute atomic E-state index is 13.0. The second-order valence-corrected chi connectivity index (χ2v) is 3.28. The Bertz CT molecular complexity index is 312. The predicted molar refractivity (Wildman–Crippen MR) is 50.7 cm³/mol. The predicted octanol–water partition coefficient (Wildman–Crippen LogP) is 2.81. The Labute approximate surface area is 81.5 Å². The molecule has 0 bridgehead atoms. The third-order valence-electron chi connectivity index (χ3n) is 1.80. The summed E-state index contributed by atoms with van der Waals surface area (Å²) in [7, 11) is 0. The zero-order valence-corrected chi connectivity index (χ0v) is 8.01. The van der Waals surface area contributed by atoms with Crippen molar-refractivity contribution in [3.05, 3.63) is 34.9 Å². The molecule has 3 heteroatoms. The first-order valence-corrected chi connectivity index (χ1v) is 4.37. The van der Waals surface area contributed by atoms with Crippen LogP contribution in [0.2, 0.25) is 5.02 Å². The van der Waals surface area contributed by atoms with Gasteiger partial charge < -0.3 is 0 Å². The van der Waals surface area contributed by atoms with E-state index >= 15 is 0 Å². The minimum absolute atomic E-state index is 0.0645. The molecule has 1 rings (SSSR count). The lowest BCUT2D eigenvalue weighted by molar-refractivity contribution is -0.121. The van der Waals surface area contributed by atoms with E-state index < -0.39 is 12.0 Å². The van der Waals surface area contributed by atoms with Gasteiger partial charge in [-0.3, -0.25) is 4.79 Å². The Morgan fingerprint density at radius 1 is 1.54 bits per heavy atom. The molecule has 1 nitrogen and oxygen atoms in total. The number of halogens is 2. The standard InChI is InChI=1S/C10H10ClFO/c1-7(13)10(12)6-8-4-2-3-5-9(8)11/h2-5,10H,6H2,1H3. The molecule has 0 aliphatic rings. The number of ketones is 1. The summed E-state index contributed by atoms with van der Waals surface area (Å²) >= 11 is 5.80. The second-order valence-electron chi connectivity index (χ2n) is 2.87. The van der Waals surface area contributed by atoms with E-state index in [9.17, 15) is 9.18 Å². The van der Waals surface area contributed by atoms with Crippen molar-refractivity contribution in [1.82, 2.24) is 0 Å². The molecule has 0 aromatic heterocycles. The topological polar surface area (TPSA) is 17.1 Å². The molecular formula is C10H10ClFO. The van der Waals surface area contributed by atoms with Crippen LogP contribution in [-0.2, 0) is 11.2 Å². The van der Waals surface area contributed by atoms with Crippen molar-refractivity contribution in [3.63, 3.8) is 0 Å². The Morgan fingerprint density at radius 2 is 2.15 bits per heavy atom. The van der Waals surface area contributed by atoms with Gasteiger partial charge in [0.2, 0.25) is 0 Å². The number of alkyl halides is 1. The monoisotopic (exact) mass is 200 g/mol. The van der Waals surface area contributed by atoms with E-state index in [-0.39, 0.29) is 6.42 Å². The van der Waals surface area contributed by atoms with Gasteiger partial charge in [-0.25, -0.2) is 4.39 Å². The maximum Gasteiger partial charge on any atom is 0.164 e. The third kappa shape index (κ3) is 2.81. The molecular weight excluding hydrogens is 191 g/mol. The highest BCUT2D eigenvalue weighted by Gasteiger charge is 2.13. The van der Waals surface area contributed by atoms with Crippen LogP contribution >= 0.6 is 11.6 Å². The molecule has 0 heterocycles. The molecule has 1 aromatic carbocycles. The average molecular weight is 201 g/mol. The zero-order valence-electron chi connectivity index (χ0n) is 7.26. The minimum atomic E-state index is -1.44. The lowest BCUT2D eigenvalue weighted by Gasteiger charge is -2.05. The van der Waals surface area contributed by atoms with Crippen molar-refractivity contribution in [1.29, 1.82) is 0 Å². The molecule has 0 saturated carbocycles. The number of hydrogen-bond acceptors (Lipinski definition) is 1. The molecule has 13 heavy (non-hydrogen) atoms. The average Bonchev–Trinajstić information content (AvgIpc) is 2.08. The van der Waals surface area contributed by atoms with Crippen LogP contribution in [0.3, 0.4) is 0 Å². The van der Waals surface area contributed by atoms with E-state index in [1.807, 2.05) is 0 Å². The van der Waals surface area contributed by atoms with Crippen LogP contribution in [-0.4, -0.2) is 12.0 Å². The van der Waals surface area contributed by atoms with Gasteiger partial charge in [-0.2, -0.15) is 0 Å². The zero-order chi connectivity index (χ0) is 9.84. The summed E-state index contributed by atoms with van der Waals surface area (Å²) in [6, 6.07) is 6.95. The molecule has 0 N–H and O–H groups in total. The Morgan fingerprint density at radius 3 is 2.69 bits per heavy atom. The molecule has 70 valence electrons. The first-order valence-electron chi connectivity index (χ1n) is 3.99. The van der Waals surface area contributed by atoms with Crippen LogP contribution in [0.25, 0.3) is 0 Å². The smallest absolute Gasteiger partial charge is 0.164 e. The SMILES string of the molecule is CC(=O)C(F)Cc1ccccc1Cl. The van der Waals surface area contributed by atoms with E-state index in [0.717, 1.165) is 0 Å².